The number of aliphatic hydroxyl groups is 1. The summed E-state index contributed by atoms with van der Waals surface area (Å²) >= 11 is 0. The van der Waals surface area contributed by atoms with E-state index in [1.165, 1.54) is 12.8 Å². The summed E-state index contributed by atoms with van der Waals surface area (Å²) in [6, 6.07) is 1.13. The van der Waals surface area contributed by atoms with Crippen molar-refractivity contribution < 1.29 is 5.11 Å². The zero-order valence-corrected chi connectivity index (χ0v) is 13.3. The smallest absolute Gasteiger partial charge is 0.0611 e. The number of nitrogens with zero attached hydrogens (tertiary/aromatic N) is 1. The summed E-state index contributed by atoms with van der Waals surface area (Å²) in [5, 5.41) is 13.1. The van der Waals surface area contributed by atoms with E-state index in [1.54, 1.807) is 0 Å². The molecule has 0 aromatic heterocycles. The molecule has 0 heterocycles. The van der Waals surface area contributed by atoms with Crippen LogP contribution in [0.15, 0.2) is 0 Å². The Morgan fingerprint density at radius 1 is 1.22 bits per heavy atom. The van der Waals surface area contributed by atoms with Crippen LogP contribution in [-0.4, -0.2) is 47.8 Å². The van der Waals surface area contributed by atoms with Gasteiger partial charge in [0.05, 0.1) is 6.61 Å². The van der Waals surface area contributed by atoms with Crippen LogP contribution >= 0.6 is 0 Å². The molecule has 3 nitrogen and oxygen atoms in total. The van der Waals surface area contributed by atoms with Gasteiger partial charge in [-0.1, -0.05) is 20.8 Å². The maximum atomic E-state index is 9.61. The van der Waals surface area contributed by atoms with Gasteiger partial charge in [0, 0.05) is 17.6 Å². The minimum Gasteiger partial charge on any atom is -0.394 e. The SMILES string of the molecule is CCCNC(C)(CO)CC(C)N(C)C(CC)CC. The van der Waals surface area contributed by atoms with Crippen LogP contribution in [-0.2, 0) is 0 Å². The van der Waals surface area contributed by atoms with Gasteiger partial charge in [-0.25, -0.2) is 0 Å². The molecule has 0 bridgehead atoms. The molecule has 0 aromatic rings. The van der Waals surface area contributed by atoms with Gasteiger partial charge in [-0.15, -0.1) is 0 Å². The van der Waals surface area contributed by atoms with Crippen LogP contribution in [0.1, 0.15) is 60.3 Å². The van der Waals surface area contributed by atoms with Gasteiger partial charge in [0.15, 0.2) is 0 Å². The van der Waals surface area contributed by atoms with Crippen LogP contribution in [0.4, 0.5) is 0 Å². The fourth-order valence-electron chi connectivity index (χ4n) is 2.64. The van der Waals surface area contributed by atoms with Crippen LogP contribution in [0, 0.1) is 0 Å². The van der Waals surface area contributed by atoms with Gasteiger partial charge in [0.25, 0.3) is 0 Å². The van der Waals surface area contributed by atoms with Gasteiger partial charge in [-0.3, -0.25) is 0 Å². The minimum absolute atomic E-state index is 0.157. The molecule has 3 heteroatoms. The van der Waals surface area contributed by atoms with Crippen molar-refractivity contribution in [3.63, 3.8) is 0 Å². The molecule has 110 valence electrons. The monoisotopic (exact) mass is 258 g/mol. The van der Waals surface area contributed by atoms with Crippen molar-refractivity contribution in [2.24, 2.45) is 0 Å². The van der Waals surface area contributed by atoms with Crippen LogP contribution in [0.25, 0.3) is 0 Å². The molecule has 0 saturated carbocycles. The van der Waals surface area contributed by atoms with Gasteiger partial charge >= 0.3 is 0 Å². The van der Waals surface area contributed by atoms with Crippen molar-refractivity contribution in [2.75, 3.05) is 20.2 Å². The zero-order chi connectivity index (χ0) is 14.2. The Hall–Kier alpha value is -0.120. The summed E-state index contributed by atoms with van der Waals surface area (Å²) in [7, 11) is 2.21. The zero-order valence-electron chi connectivity index (χ0n) is 13.3. The highest BCUT2D eigenvalue weighted by Gasteiger charge is 2.28. The summed E-state index contributed by atoms with van der Waals surface area (Å²) in [6.07, 6.45) is 4.47. The van der Waals surface area contributed by atoms with Crippen LogP contribution < -0.4 is 5.32 Å². The van der Waals surface area contributed by atoms with Gasteiger partial charge in [-0.05, 0) is 53.1 Å². The van der Waals surface area contributed by atoms with E-state index in [4.69, 9.17) is 0 Å². The Kier molecular flexibility index (Phi) is 8.83. The molecule has 2 unspecified atom stereocenters. The molecule has 2 N–H and O–H groups in total. The summed E-state index contributed by atoms with van der Waals surface area (Å²) in [6.45, 7) is 12.2. The average Bonchev–Trinajstić information content (AvgIpc) is 2.37. The lowest BCUT2D eigenvalue weighted by molar-refractivity contribution is 0.103. The molecule has 0 fully saturated rings. The topological polar surface area (TPSA) is 35.5 Å². The predicted molar refractivity (Wildman–Crippen MR) is 80.0 cm³/mol. The lowest BCUT2D eigenvalue weighted by Crippen LogP contribution is -2.51. The fraction of sp³-hybridized carbons (Fsp3) is 1.00. The lowest BCUT2D eigenvalue weighted by atomic mass is 9.92. The van der Waals surface area contributed by atoms with Crippen LogP contribution in [0.3, 0.4) is 0 Å². The lowest BCUT2D eigenvalue weighted by Gasteiger charge is -2.38. The molecule has 18 heavy (non-hydrogen) atoms. The summed E-state index contributed by atoms with van der Waals surface area (Å²) < 4.78 is 0. The van der Waals surface area contributed by atoms with Gasteiger partial charge in [0.2, 0.25) is 0 Å². The van der Waals surface area contributed by atoms with Gasteiger partial charge < -0.3 is 15.3 Å². The number of rotatable bonds is 10. The molecule has 0 rings (SSSR count). The number of nitrogens with one attached hydrogen (secondary N) is 1. The van der Waals surface area contributed by atoms with E-state index in [1.807, 2.05) is 0 Å². The van der Waals surface area contributed by atoms with Crippen molar-refractivity contribution >= 4 is 0 Å². The van der Waals surface area contributed by atoms with E-state index in [2.05, 4.69) is 51.9 Å². The molecule has 0 amide bonds. The first kappa shape index (κ1) is 17.9. The van der Waals surface area contributed by atoms with Gasteiger partial charge in [0.1, 0.15) is 0 Å². The summed E-state index contributed by atoms with van der Waals surface area (Å²) in [5.41, 5.74) is -0.157. The van der Waals surface area contributed by atoms with E-state index in [-0.39, 0.29) is 12.1 Å². The van der Waals surface area contributed by atoms with E-state index < -0.39 is 0 Å². The first-order valence-electron chi connectivity index (χ1n) is 7.51. The van der Waals surface area contributed by atoms with Gasteiger partial charge in [-0.2, -0.15) is 0 Å². The Morgan fingerprint density at radius 3 is 2.17 bits per heavy atom. The number of aliphatic hydroxyl groups excluding tert-OH is 1. The van der Waals surface area contributed by atoms with Crippen molar-refractivity contribution in [3.8, 4) is 0 Å². The first-order valence-corrected chi connectivity index (χ1v) is 7.51. The molecule has 0 aliphatic rings. The Balaban J connectivity index is 4.44. The van der Waals surface area contributed by atoms with E-state index in [9.17, 15) is 5.11 Å². The fourth-order valence-corrected chi connectivity index (χ4v) is 2.64. The highest BCUT2D eigenvalue weighted by atomic mass is 16.3. The molecule has 0 saturated heterocycles. The Labute approximate surface area is 114 Å². The highest BCUT2D eigenvalue weighted by Crippen LogP contribution is 2.19. The second-order valence-corrected chi connectivity index (χ2v) is 5.83. The molecular weight excluding hydrogens is 224 g/mol. The third-order valence-electron chi connectivity index (χ3n) is 4.11. The second-order valence-electron chi connectivity index (χ2n) is 5.83. The van der Waals surface area contributed by atoms with E-state index in [0.29, 0.717) is 12.1 Å². The highest BCUT2D eigenvalue weighted by molar-refractivity contribution is 4.87. The molecule has 0 spiro atoms. The largest absolute Gasteiger partial charge is 0.394 e. The third kappa shape index (κ3) is 5.68. The number of hydrogen-bond acceptors (Lipinski definition) is 3. The van der Waals surface area contributed by atoms with Crippen molar-refractivity contribution in [1.82, 2.24) is 10.2 Å². The molecule has 0 radical (unpaired) electrons. The summed E-state index contributed by atoms with van der Waals surface area (Å²) in [4.78, 5) is 2.46. The molecule has 0 aliphatic heterocycles. The average molecular weight is 258 g/mol. The van der Waals surface area contributed by atoms with Crippen molar-refractivity contribution in [1.29, 1.82) is 0 Å². The normalized spacial score (nSPS) is 17.2. The van der Waals surface area contributed by atoms with E-state index in [0.717, 1.165) is 19.4 Å². The molecule has 0 aromatic carbocycles. The minimum atomic E-state index is -0.157. The molecule has 0 aliphatic carbocycles. The van der Waals surface area contributed by atoms with Crippen LogP contribution in [0.2, 0.25) is 0 Å². The summed E-state index contributed by atoms with van der Waals surface area (Å²) in [5.74, 6) is 0. The predicted octanol–water partition coefficient (Wildman–Crippen LogP) is 2.64. The quantitative estimate of drug-likeness (QED) is 0.632. The maximum Gasteiger partial charge on any atom is 0.0611 e. The van der Waals surface area contributed by atoms with E-state index >= 15 is 0 Å². The van der Waals surface area contributed by atoms with Crippen molar-refractivity contribution in [3.05, 3.63) is 0 Å². The van der Waals surface area contributed by atoms with Crippen LogP contribution in [0.5, 0.6) is 0 Å². The van der Waals surface area contributed by atoms with Crippen molar-refractivity contribution in [2.45, 2.75) is 77.9 Å². The molecule has 2 atom stereocenters. The third-order valence-corrected chi connectivity index (χ3v) is 4.11. The molecular formula is C15H34N2O. The standard InChI is InChI=1S/C15H34N2O/c1-7-10-16-15(5,12-18)11-13(4)17(6)14(8-2)9-3/h13-14,16,18H,7-12H2,1-6H3. The second kappa shape index (κ2) is 8.89. The first-order chi connectivity index (χ1) is 8.44. The maximum absolute atomic E-state index is 9.61. The Bertz CT molecular complexity index is 207. The number of hydrogen-bond donors (Lipinski definition) is 2. The Morgan fingerprint density at radius 2 is 1.78 bits per heavy atom.